The van der Waals surface area contributed by atoms with Crippen molar-refractivity contribution in [2.45, 2.75) is 6.54 Å². The molecule has 1 aliphatic heterocycles. The summed E-state index contributed by atoms with van der Waals surface area (Å²) in [6.45, 7) is 1.58. The van der Waals surface area contributed by atoms with Crippen molar-refractivity contribution in [1.82, 2.24) is 10.2 Å². The Balaban J connectivity index is 1.54. The highest BCUT2D eigenvalue weighted by Gasteiger charge is 2.30. The molecule has 0 saturated carbocycles. The number of carbonyl (C=O) groups is 2. The lowest BCUT2D eigenvalue weighted by molar-refractivity contribution is -0.121. The zero-order chi connectivity index (χ0) is 16.9. The van der Waals surface area contributed by atoms with E-state index in [1.165, 1.54) is 0 Å². The topological polar surface area (TPSA) is 52.7 Å². The molecule has 3 amide bonds. The van der Waals surface area contributed by atoms with Gasteiger partial charge in [-0.05, 0) is 23.8 Å². The molecule has 1 aliphatic rings. The maximum Gasteiger partial charge on any atom is 0.325 e. The lowest BCUT2D eigenvalue weighted by Crippen LogP contribution is -2.39. The fourth-order valence-corrected chi connectivity index (χ4v) is 2.82. The third-order valence-electron chi connectivity index (χ3n) is 3.88. The van der Waals surface area contributed by atoms with E-state index >= 15 is 0 Å². The lowest BCUT2D eigenvalue weighted by Gasteiger charge is -2.18. The van der Waals surface area contributed by atoms with E-state index in [1.807, 2.05) is 36.4 Å². The summed E-state index contributed by atoms with van der Waals surface area (Å²) in [5.74, 6) is -0.167. The minimum absolute atomic E-state index is 0.0583. The largest absolute Gasteiger partial charge is 0.350 e. The van der Waals surface area contributed by atoms with Gasteiger partial charge in [0.15, 0.2) is 0 Å². The normalized spacial score (nSPS) is 14.1. The molecule has 0 spiro atoms. The van der Waals surface area contributed by atoms with Crippen LogP contribution in [0, 0.1) is 0 Å². The maximum atomic E-state index is 12.5. The van der Waals surface area contributed by atoms with Crippen molar-refractivity contribution in [2.24, 2.45) is 0 Å². The Labute approximate surface area is 145 Å². The fraction of sp³-hybridized carbons (Fsp3) is 0.222. The summed E-state index contributed by atoms with van der Waals surface area (Å²) in [4.78, 5) is 27.7. The molecule has 124 valence electrons. The molecule has 0 atom stereocenters. The van der Waals surface area contributed by atoms with Crippen LogP contribution in [0.15, 0.2) is 54.6 Å². The van der Waals surface area contributed by atoms with Gasteiger partial charge in [0.25, 0.3) is 0 Å². The Kier molecular flexibility index (Phi) is 5.01. The standard InChI is InChI=1S/C18H18ClN3O2/c19-15-7-4-8-16(11-15)22-10-9-21(18(22)24)13-17(23)20-12-14-5-2-1-3-6-14/h1-8,11H,9-10,12-13H2,(H,20,23). The van der Waals surface area contributed by atoms with Crippen LogP contribution in [0.3, 0.4) is 0 Å². The Morgan fingerprint density at radius 1 is 1.08 bits per heavy atom. The second-order valence-corrected chi connectivity index (χ2v) is 6.03. The first-order valence-electron chi connectivity index (χ1n) is 7.76. The predicted octanol–water partition coefficient (Wildman–Crippen LogP) is 2.90. The van der Waals surface area contributed by atoms with Crippen molar-refractivity contribution in [3.8, 4) is 0 Å². The van der Waals surface area contributed by atoms with Crippen LogP contribution in [0.4, 0.5) is 10.5 Å². The highest BCUT2D eigenvalue weighted by Crippen LogP contribution is 2.23. The number of anilines is 1. The number of amides is 3. The van der Waals surface area contributed by atoms with Crippen molar-refractivity contribution >= 4 is 29.2 Å². The Bertz CT molecular complexity index is 736. The number of rotatable bonds is 5. The lowest BCUT2D eigenvalue weighted by atomic mass is 10.2. The number of hydrogen-bond donors (Lipinski definition) is 1. The van der Waals surface area contributed by atoms with Gasteiger partial charge in [-0.1, -0.05) is 48.0 Å². The van der Waals surface area contributed by atoms with Crippen LogP contribution >= 0.6 is 11.6 Å². The summed E-state index contributed by atoms with van der Waals surface area (Å²) in [6, 6.07) is 16.7. The summed E-state index contributed by atoms with van der Waals surface area (Å²) in [7, 11) is 0. The second-order valence-electron chi connectivity index (χ2n) is 5.60. The molecule has 0 aliphatic carbocycles. The molecule has 2 aromatic carbocycles. The van der Waals surface area contributed by atoms with E-state index in [1.54, 1.807) is 28.0 Å². The Morgan fingerprint density at radius 2 is 1.88 bits per heavy atom. The molecule has 1 heterocycles. The van der Waals surface area contributed by atoms with Gasteiger partial charge in [0.1, 0.15) is 6.54 Å². The van der Waals surface area contributed by atoms with E-state index in [2.05, 4.69) is 5.32 Å². The maximum absolute atomic E-state index is 12.5. The average molecular weight is 344 g/mol. The van der Waals surface area contributed by atoms with Gasteiger partial charge in [0, 0.05) is 30.3 Å². The summed E-state index contributed by atoms with van der Waals surface area (Å²) in [5.41, 5.74) is 1.78. The van der Waals surface area contributed by atoms with Crippen LogP contribution in [0.2, 0.25) is 5.02 Å². The highest BCUT2D eigenvalue weighted by atomic mass is 35.5. The molecule has 5 nitrogen and oxygen atoms in total. The van der Waals surface area contributed by atoms with Gasteiger partial charge in [-0.25, -0.2) is 4.79 Å². The van der Waals surface area contributed by atoms with Crippen LogP contribution in [-0.2, 0) is 11.3 Å². The molecule has 1 saturated heterocycles. The van der Waals surface area contributed by atoms with Gasteiger partial charge in [-0.2, -0.15) is 0 Å². The van der Waals surface area contributed by atoms with Gasteiger partial charge in [-0.15, -0.1) is 0 Å². The molecule has 0 bridgehead atoms. The number of carbonyl (C=O) groups excluding carboxylic acids is 2. The van der Waals surface area contributed by atoms with Crippen LogP contribution < -0.4 is 10.2 Å². The minimum Gasteiger partial charge on any atom is -0.350 e. The van der Waals surface area contributed by atoms with E-state index < -0.39 is 0 Å². The number of hydrogen-bond acceptors (Lipinski definition) is 2. The van der Waals surface area contributed by atoms with Crippen molar-refractivity contribution in [3.63, 3.8) is 0 Å². The minimum atomic E-state index is -0.174. The van der Waals surface area contributed by atoms with E-state index in [4.69, 9.17) is 11.6 Å². The molecular weight excluding hydrogens is 326 g/mol. The van der Waals surface area contributed by atoms with Gasteiger partial charge >= 0.3 is 6.03 Å². The average Bonchev–Trinajstić information content (AvgIpc) is 2.95. The van der Waals surface area contributed by atoms with Gasteiger partial charge in [0.05, 0.1) is 0 Å². The van der Waals surface area contributed by atoms with E-state index in [9.17, 15) is 9.59 Å². The summed E-state index contributed by atoms with van der Waals surface area (Å²) in [5, 5.41) is 3.42. The summed E-state index contributed by atoms with van der Waals surface area (Å²) >= 11 is 5.98. The van der Waals surface area contributed by atoms with Crippen LogP contribution in [0.25, 0.3) is 0 Å². The molecule has 3 rings (SSSR count). The van der Waals surface area contributed by atoms with Crippen LogP contribution in [0.5, 0.6) is 0 Å². The zero-order valence-electron chi connectivity index (χ0n) is 13.1. The molecule has 2 aromatic rings. The number of urea groups is 1. The van der Waals surface area contributed by atoms with Gasteiger partial charge in [0.2, 0.25) is 5.91 Å². The molecule has 0 unspecified atom stereocenters. The van der Waals surface area contributed by atoms with Crippen LogP contribution in [-0.4, -0.2) is 36.5 Å². The molecule has 24 heavy (non-hydrogen) atoms. The smallest absolute Gasteiger partial charge is 0.325 e. The molecule has 0 aromatic heterocycles. The SMILES string of the molecule is O=C(CN1CCN(c2cccc(Cl)c2)C1=O)NCc1ccccc1. The molecule has 0 radical (unpaired) electrons. The summed E-state index contributed by atoms with van der Waals surface area (Å²) < 4.78 is 0. The molecule has 1 fully saturated rings. The first kappa shape index (κ1) is 16.3. The quantitative estimate of drug-likeness (QED) is 0.907. The number of nitrogens with zero attached hydrogens (tertiary/aromatic N) is 2. The highest BCUT2D eigenvalue weighted by molar-refractivity contribution is 6.30. The van der Waals surface area contributed by atoms with Crippen molar-refractivity contribution in [3.05, 3.63) is 65.2 Å². The first-order chi connectivity index (χ1) is 11.6. The zero-order valence-corrected chi connectivity index (χ0v) is 13.9. The summed E-state index contributed by atoms with van der Waals surface area (Å²) in [6.07, 6.45) is 0. The van der Waals surface area contributed by atoms with Gasteiger partial charge < -0.3 is 10.2 Å². The van der Waals surface area contributed by atoms with E-state index in [0.717, 1.165) is 11.3 Å². The van der Waals surface area contributed by atoms with Crippen molar-refractivity contribution in [1.29, 1.82) is 0 Å². The molecular formula is C18H18ClN3O2. The third-order valence-corrected chi connectivity index (χ3v) is 4.12. The Hall–Kier alpha value is -2.53. The van der Waals surface area contributed by atoms with E-state index in [0.29, 0.717) is 24.7 Å². The number of benzene rings is 2. The molecule has 6 heteroatoms. The predicted molar refractivity (Wildman–Crippen MR) is 94.1 cm³/mol. The monoisotopic (exact) mass is 343 g/mol. The number of halogens is 1. The van der Waals surface area contributed by atoms with Crippen LogP contribution in [0.1, 0.15) is 5.56 Å². The van der Waals surface area contributed by atoms with Crippen molar-refractivity contribution in [2.75, 3.05) is 24.5 Å². The Morgan fingerprint density at radius 3 is 2.62 bits per heavy atom. The first-order valence-corrected chi connectivity index (χ1v) is 8.14. The second kappa shape index (κ2) is 7.36. The fourth-order valence-electron chi connectivity index (χ4n) is 2.64. The number of nitrogens with one attached hydrogen (secondary N) is 1. The van der Waals surface area contributed by atoms with Gasteiger partial charge in [-0.3, -0.25) is 9.69 Å². The third kappa shape index (κ3) is 3.86. The molecule has 1 N–H and O–H groups in total. The van der Waals surface area contributed by atoms with Crippen molar-refractivity contribution < 1.29 is 9.59 Å². The van der Waals surface area contributed by atoms with E-state index in [-0.39, 0.29) is 18.5 Å².